The van der Waals surface area contributed by atoms with Crippen LogP contribution in [0.25, 0.3) is 0 Å². The third-order valence-corrected chi connectivity index (χ3v) is 4.63. The van der Waals surface area contributed by atoms with Crippen molar-refractivity contribution in [1.29, 1.82) is 0 Å². The molecule has 0 aliphatic carbocycles. The predicted molar refractivity (Wildman–Crippen MR) is 84.6 cm³/mol. The molecule has 4 heteroatoms. The topological polar surface area (TPSA) is 55.4 Å². The quantitative estimate of drug-likeness (QED) is 0.846. The van der Waals surface area contributed by atoms with Crippen molar-refractivity contribution in [3.05, 3.63) is 29.8 Å². The number of fused-ring (bicyclic) bond motifs is 2. The molecule has 1 aromatic carbocycles. The summed E-state index contributed by atoms with van der Waals surface area (Å²) in [4.78, 5) is 24.7. The minimum Gasteiger partial charge on any atom is -0.356 e. The first-order chi connectivity index (χ1) is 10.7. The molecule has 0 saturated carbocycles. The number of hydrogen-bond donors (Lipinski definition) is 1. The van der Waals surface area contributed by atoms with Crippen LogP contribution in [0.1, 0.15) is 57.4 Å². The number of benzene rings is 1. The van der Waals surface area contributed by atoms with Crippen LogP contribution in [0, 0.1) is 0 Å². The highest BCUT2D eigenvalue weighted by molar-refractivity contribution is 6.07. The smallest absolute Gasteiger partial charge is 0.261 e. The molecule has 118 valence electrons. The van der Waals surface area contributed by atoms with E-state index in [-0.39, 0.29) is 24.2 Å². The number of rotatable bonds is 5. The molecule has 3 rings (SSSR count). The van der Waals surface area contributed by atoms with Gasteiger partial charge in [0.1, 0.15) is 5.78 Å². The molecule has 4 nitrogen and oxygen atoms in total. The third kappa shape index (κ3) is 2.68. The normalized spacial score (nSPS) is 27.0. The number of Topliss-reactive ketones (excluding diaryl/α,β-unsaturated/α-hetero) is 1. The molecule has 0 aromatic heterocycles. The lowest BCUT2D eigenvalue weighted by Gasteiger charge is -2.36. The number of hydrogen-bond acceptors (Lipinski definition) is 3. The predicted octanol–water partition coefficient (Wildman–Crippen LogP) is 3.55. The molecule has 0 unspecified atom stereocenters. The zero-order valence-corrected chi connectivity index (χ0v) is 13.1. The van der Waals surface area contributed by atoms with Gasteiger partial charge in [-0.15, -0.1) is 0 Å². The van der Waals surface area contributed by atoms with Crippen LogP contribution in [0.2, 0.25) is 0 Å². The highest BCUT2D eigenvalue weighted by Crippen LogP contribution is 2.45. The summed E-state index contributed by atoms with van der Waals surface area (Å²) < 4.78 is 6.19. The van der Waals surface area contributed by atoms with Crippen molar-refractivity contribution in [1.82, 2.24) is 0 Å². The van der Waals surface area contributed by atoms with Gasteiger partial charge in [-0.3, -0.25) is 9.59 Å². The van der Waals surface area contributed by atoms with E-state index >= 15 is 0 Å². The lowest BCUT2D eigenvalue weighted by molar-refractivity contribution is -0.170. The largest absolute Gasteiger partial charge is 0.356 e. The molecule has 1 amide bonds. The van der Waals surface area contributed by atoms with Gasteiger partial charge in [0, 0.05) is 24.1 Å². The Labute approximate surface area is 131 Å². The van der Waals surface area contributed by atoms with E-state index in [9.17, 15) is 9.59 Å². The fraction of sp³-hybridized carbons (Fsp3) is 0.556. The zero-order chi connectivity index (χ0) is 15.6. The fourth-order valence-electron chi connectivity index (χ4n) is 3.51. The second-order valence-corrected chi connectivity index (χ2v) is 6.34. The van der Waals surface area contributed by atoms with Gasteiger partial charge in [-0.1, -0.05) is 50.8 Å². The van der Waals surface area contributed by atoms with E-state index in [0.717, 1.165) is 30.5 Å². The lowest BCUT2D eigenvalue weighted by Crippen LogP contribution is -2.47. The monoisotopic (exact) mass is 301 g/mol. The Morgan fingerprint density at radius 1 is 1.23 bits per heavy atom. The van der Waals surface area contributed by atoms with Gasteiger partial charge in [0.15, 0.2) is 5.60 Å². The van der Waals surface area contributed by atoms with E-state index in [2.05, 4.69) is 12.2 Å². The van der Waals surface area contributed by atoms with E-state index in [1.807, 2.05) is 24.3 Å². The molecule has 1 N–H and O–H groups in total. The molecule has 1 spiro atoms. The number of amides is 1. The Hall–Kier alpha value is -1.68. The Morgan fingerprint density at radius 2 is 2.05 bits per heavy atom. The van der Waals surface area contributed by atoms with E-state index in [1.54, 1.807) is 0 Å². The first-order valence-electron chi connectivity index (χ1n) is 8.26. The van der Waals surface area contributed by atoms with Gasteiger partial charge in [0.25, 0.3) is 5.91 Å². The summed E-state index contributed by atoms with van der Waals surface area (Å²) in [7, 11) is 0. The maximum absolute atomic E-state index is 12.5. The molecular formula is C18H23NO3. The number of nitrogens with one attached hydrogen (secondary N) is 1. The molecule has 22 heavy (non-hydrogen) atoms. The maximum atomic E-state index is 12.5. The SMILES string of the molecule is CCCCCC[C@H]1CC(=O)C[C@@]2(O1)C(=O)Nc1ccccc12. The van der Waals surface area contributed by atoms with E-state index < -0.39 is 5.60 Å². The summed E-state index contributed by atoms with van der Waals surface area (Å²) in [5, 5.41) is 2.86. The van der Waals surface area contributed by atoms with Gasteiger partial charge in [-0.25, -0.2) is 0 Å². The van der Waals surface area contributed by atoms with Crippen molar-refractivity contribution in [2.75, 3.05) is 5.32 Å². The number of ketones is 1. The van der Waals surface area contributed by atoms with Crippen LogP contribution in [0.15, 0.2) is 24.3 Å². The second kappa shape index (κ2) is 6.21. The van der Waals surface area contributed by atoms with E-state index in [4.69, 9.17) is 4.74 Å². The average Bonchev–Trinajstić information content (AvgIpc) is 2.76. The van der Waals surface area contributed by atoms with E-state index in [1.165, 1.54) is 12.8 Å². The van der Waals surface area contributed by atoms with Crippen LogP contribution >= 0.6 is 0 Å². The Bertz CT molecular complexity index is 583. The highest BCUT2D eigenvalue weighted by Gasteiger charge is 2.53. The molecule has 2 atom stereocenters. The highest BCUT2D eigenvalue weighted by atomic mass is 16.5. The standard InChI is InChI=1S/C18H23NO3/c1-2-3-4-5-8-14-11-13(20)12-18(22-14)15-9-6-7-10-16(15)19-17(18)21/h6-7,9-10,14H,2-5,8,11-12H2,1H3,(H,19,21)/t14-,18-/m0/s1. The minimum absolute atomic E-state index is 0.124. The molecule has 0 bridgehead atoms. The zero-order valence-electron chi connectivity index (χ0n) is 13.1. The first kappa shape index (κ1) is 15.2. The number of unbranched alkanes of at least 4 members (excludes halogenated alkanes) is 3. The molecule has 1 fully saturated rings. The van der Waals surface area contributed by atoms with Gasteiger partial charge < -0.3 is 10.1 Å². The molecule has 1 aromatic rings. The van der Waals surface area contributed by atoms with Gasteiger partial charge >= 0.3 is 0 Å². The molecule has 1 saturated heterocycles. The van der Waals surface area contributed by atoms with Gasteiger partial charge in [-0.2, -0.15) is 0 Å². The molecule has 0 radical (unpaired) electrons. The van der Waals surface area contributed by atoms with Crippen molar-refractivity contribution in [3.8, 4) is 0 Å². The summed E-state index contributed by atoms with van der Waals surface area (Å²) in [6.07, 6.45) is 5.88. The Kier molecular flexibility index (Phi) is 4.30. The number of carbonyl (C=O) groups is 2. The average molecular weight is 301 g/mol. The van der Waals surface area contributed by atoms with Crippen molar-refractivity contribution in [2.45, 2.75) is 63.6 Å². The summed E-state index contributed by atoms with van der Waals surface area (Å²) in [6.45, 7) is 2.18. The molecular weight excluding hydrogens is 278 g/mol. The third-order valence-electron chi connectivity index (χ3n) is 4.63. The van der Waals surface area contributed by atoms with Crippen LogP contribution in [0.5, 0.6) is 0 Å². The Balaban J connectivity index is 1.78. The van der Waals surface area contributed by atoms with Crippen LogP contribution in [-0.4, -0.2) is 17.8 Å². The van der Waals surface area contributed by atoms with E-state index in [0.29, 0.717) is 6.42 Å². The Morgan fingerprint density at radius 3 is 2.86 bits per heavy atom. The summed E-state index contributed by atoms with van der Waals surface area (Å²) >= 11 is 0. The molecule has 2 aliphatic heterocycles. The maximum Gasteiger partial charge on any atom is 0.261 e. The lowest BCUT2D eigenvalue weighted by atomic mass is 9.84. The van der Waals surface area contributed by atoms with Crippen molar-refractivity contribution in [2.24, 2.45) is 0 Å². The summed E-state index contributed by atoms with van der Waals surface area (Å²) in [5.74, 6) is -0.0705. The number of anilines is 1. The summed E-state index contributed by atoms with van der Waals surface area (Å²) in [5.41, 5.74) is 0.486. The van der Waals surface area contributed by atoms with Gasteiger partial charge in [0.2, 0.25) is 0 Å². The van der Waals surface area contributed by atoms with Gasteiger partial charge in [0.05, 0.1) is 6.10 Å². The molecule has 2 aliphatic rings. The second-order valence-electron chi connectivity index (χ2n) is 6.34. The molecule has 2 heterocycles. The van der Waals surface area contributed by atoms with Gasteiger partial charge in [-0.05, 0) is 12.5 Å². The van der Waals surface area contributed by atoms with Crippen LogP contribution in [0.3, 0.4) is 0 Å². The number of para-hydroxylation sites is 1. The van der Waals surface area contributed by atoms with Crippen LogP contribution in [0.4, 0.5) is 5.69 Å². The van der Waals surface area contributed by atoms with Crippen LogP contribution in [-0.2, 0) is 19.9 Å². The van der Waals surface area contributed by atoms with Crippen molar-refractivity contribution < 1.29 is 14.3 Å². The fourth-order valence-corrected chi connectivity index (χ4v) is 3.51. The van der Waals surface area contributed by atoms with Crippen molar-refractivity contribution >= 4 is 17.4 Å². The number of carbonyl (C=O) groups excluding carboxylic acids is 2. The van der Waals surface area contributed by atoms with Crippen LogP contribution < -0.4 is 5.32 Å². The first-order valence-corrected chi connectivity index (χ1v) is 8.26. The van der Waals surface area contributed by atoms with Crippen molar-refractivity contribution in [3.63, 3.8) is 0 Å². The minimum atomic E-state index is -1.10. The number of ether oxygens (including phenoxy) is 1. The summed E-state index contributed by atoms with van der Waals surface area (Å²) in [6, 6.07) is 7.52.